The van der Waals surface area contributed by atoms with E-state index in [0.717, 1.165) is 0 Å². The molecule has 1 aromatic rings. The summed E-state index contributed by atoms with van der Waals surface area (Å²) < 4.78 is 37.8. The minimum atomic E-state index is -3.05. The molecule has 1 fully saturated rings. The van der Waals surface area contributed by atoms with E-state index in [1.54, 1.807) is 0 Å². The van der Waals surface area contributed by atoms with Crippen LogP contribution in [0.5, 0.6) is 11.5 Å². The molecule has 0 saturated carbocycles. The molecular weight excluding hydrogens is 338 g/mol. The normalized spacial score (nSPS) is 18.7. The Morgan fingerprint density at radius 3 is 2.58 bits per heavy atom. The van der Waals surface area contributed by atoms with Crippen molar-refractivity contribution in [3.8, 4) is 11.5 Å². The first-order valence-corrected chi connectivity index (χ1v) is 9.05. The molecule has 1 saturated heterocycles. The van der Waals surface area contributed by atoms with E-state index in [4.69, 9.17) is 9.47 Å². The molecule has 1 amide bonds. The van der Waals surface area contributed by atoms with E-state index in [0.29, 0.717) is 17.7 Å². The quantitative estimate of drug-likeness (QED) is 0.723. The Hall–Kier alpha value is -2.29. The standard InChI is InChI=1S/C15H19NO7S/c1-21-13-7-10(15(18)22-2)3-4-12(13)23-8-14(17)16-11-5-6-24(19,20)9-11/h3-4,7,11H,5-6,8-9H2,1-2H3,(H,16,17). The molecule has 0 aromatic heterocycles. The molecule has 0 aliphatic carbocycles. The molecule has 1 atom stereocenters. The first kappa shape index (κ1) is 18.1. The van der Waals surface area contributed by atoms with Gasteiger partial charge in [-0.1, -0.05) is 0 Å². The number of hydrogen-bond acceptors (Lipinski definition) is 7. The van der Waals surface area contributed by atoms with Gasteiger partial charge in [-0.3, -0.25) is 4.79 Å². The zero-order valence-electron chi connectivity index (χ0n) is 13.4. The first-order valence-electron chi connectivity index (χ1n) is 7.23. The van der Waals surface area contributed by atoms with Crippen LogP contribution < -0.4 is 14.8 Å². The average Bonchev–Trinajstić information content (AvgIpc) is 2.90. The first-order chi connectivity index (χ1) is 11.3. The van der Waals surface area contributed by atoms with Gasteiger partial charge in [0, 0.05) is 6.04 Å². The average molecular weight is 357 g/mol. The van der Waals surface area contributed by atoms with Crippen LogP contribution in [0.1, 0.15) is 16.8 Å². The molecule has 24 heavy (non-hydrogen) atoms. The van der Waals surface area contributed by atoms with Crippen molar-refractivity contribution in [3.05, 3.63) is 23.8 Å². The Balaban J connectivity index is 1.93. The maximum Gasteiger partial charge on any atom is 0.337 e. The van der Waals surface area contributed by atoms with Crippen LogP contribution in [-0.4, -0.2) is 58.7 Å². The Morgan fingerprint density at radius 1 is 1.25 bits per heavy atom. The monoisotopic (exact) mass is 357 g/mol. The van der Waals surface area contributed by atoms with Crippen LogP contribution in [0.15, 0.2) is 18.2 Å². The van der Waals surface area contributed by atoms with Crippen LogP contribution in [0.2, 0.25) is 0 Å². The van der Waals surface area contributed by atoms with E-state index in [2.05, 4.69) is 10.1 Å². The van der Waals surface area contributed by atoms with Crippen molar-refractivity contribution in [1.29, 1.82) is 0 Å². The fraction of sp³-hybridized carbons (Fsp3) is 0.467. The summed E-state index contributed by atoms with van der Waals surface area (Å²) in [6.45, 7) is -0.287. The van der Waals surface area contributed by atoms with E-state index >= 15 is 0 Å². The number of hydrogen-bond donors (Lipinski definition) is 1. The maximum atomic E-state index is 11.9. The van der Waals surface area contributed by atoms with Crippen molar-refractivity contribution in [2.75, 3.05) is 32.3 Å². The number of amides is 1. The van der Waals surface area contributed by atoms with Gasteiger partial charge < -0.3 is 19.5 Å². The van der Waals surface area contributed by atoms with E-state index in [1.165, 1.54) is 32.4 Å². The SMILES string of the molecule is COC(=O)c1ccc(OCC(=O)NC2CCS(=O)(=O)C2)c(OC)c1. The number of rotatable bonds is 6. The van der Waals surface area contributed by atoms with Crippen LogP contribution in [0.25, 0.3) is 0 Å². The summed E-state index contributed by atoms with van der Waals surface area (Å²) in [6, 6.07) is 4.06. The third kappa shape index (κ3) is 4.60. The molecule has 1 unspecified atom stereocenters. The lowest BCUT2D eigenvalue weighted by Gasteiger charge is -2.13. The van der Waals surface area contributed by atoms with Gasteiger partial charge in [-0.05, 0) is 24.6 Å². The summed E-state index contributed by atoms with van der Waals surface area (Å²) in [6.07, 6.45) is 0.408. The lowest BCUT2D eigenvalue weighted by Crippen LogP contribution is -2.38. The Kier molecular flexibility index (Phi) is 5.66. The maximum absolute atomic E-state index is 11.9. The largest absolute Gasteiger partial charge is 0.493 e. The number of methoxy groups -OCH3 is 2. The highest BCUT2D eigenvalue weighted by Crippen LogP contribution is 2.28. The molecule has 0 bridgehead atoms. The van der Waals surface area contributed by atoms with Gasteiger partial charge in [0.25, 0.3) is 5.91 Å². The highest BCUT2D eigenvalue weighted by molar-refractivity contribution is 7.91. The molecule has 1 aliphatic heterocycles. The molecule has 0 spiro atoms. The predicted octanol–water partition coefficient (Wildman–Crippen LogP) is 0.164. The number of carbonyl (C=O) groups excluding carboxylic acids is 2. The van der Waals surface area contributed by atoms with E-state index in [9.17, 15) is 18.0 Å². The Morgan fingerprint density at radius 2 is 2.00 bits per heavy atom. The highest BCUT2D eigenvalue weighted by atomic mass is 32.2. The van der Waals surface area contributed by atoms with Crippen LogP contribution in [0.3, 0.4) is 0 Å². The molecule has 8 nitrogen and oxygen atoms in total. The van der Waals surface area contributed by atoms with Crippen molar-refractivity contribution in [1.82, 2.24) is 5.32 Å². The zero-order chi connectivity index (χ0) is 17.7. The van der Waals surface area contributed by atoms with Crippen LogP contribution >= 0.6 is 0 Å². The number of benzene rings is 1. The van der Waals surface area contributed by atoms with Crippen LogP contribution in [0, 0.1) is 0 Å². The van der Waals surface area contributed by atoms with Gasteiger partial charge in [-0.15, -0.1) is 0 Å². The fourth-order valence-corrected chi connectivity index (χ4v) is 4.03. The van der Waals surface area contributed by atoms with Crippen molar-refractivity contribution < 1.29 is 32.2 Å². The summed E-state index contributed by atoms with van der Waals surface area (Å²) in [5.74, 6) is -0.318. The van der Waals surface area contributed by atoms with E-state index < -0.39 is 21.7 Å². The third-order valence-corrected chi connectivity index (χ3v) is 5.31. The zero-order valence-corrected chi connectivity index (χ0v) is 14.2. The smallest absolute Gasteiger partial charge is 0.337 e. The second kappa shape index (κ2) is 7.52. The van der Waals surface area contributed by atoms with Crippen LogP contribution in [0.4, 0.5) is 0 Å². The summed E-state index contributed by atoms with van der Waals surface area (Å²) in [5, 5.41) is 2.62. The number of ether oxygens (including phenoxy) is 3. The molecule has 2 rings (SSSR count). The second-order valence-electron chi connectivity index (χ2n) is 5.31. The van der Waals surface area contributed by atoms with Gasteiger partial charge in [0.05, 0.1) is 31.3 Å². The Labute approximate surface area is 140 Å². The number of carbonyl (C=O) groups is 2. The van der Waals surface area contributed by atoms with Crippen molar-refractivity contribution in [3.63, 3.8) is 0 Å². The summed E-state index contributed by atoms with van der Waals surface area (Å²) in [7, 11) is -0.374. The molecule has 132 valence electrons. The molecular formula is C15H19NO7S. The topological polar surface area (TPSA) is 108 Å². The lowest BCUT2D eigenvalue weighted by atomic mass is 10.2. The highest BCUT2D eigenvalue weighted by Gasteiger charge is 2.29. The van der Waals surface area contributed by atoms with Gasteiger partial charge in [0.1, 0.15) is 0 Å². The fourth-order valence-electron chi connectivity index (χ4n) is 2.35. The van der Waals surface area contributed by atoms with E-state index in [1.807, 2.05) is 0 Å². The van der Waals surface area contributed by atoms with Crippen molar-refractivity contribution >= 4 is 21.7 Å². The van der Waals surface area contributed by atoms with Gasteiger partial charge in [-0.2, -0.15) is 0 Å². The molecule has 1 aromatic carbocycles. The van der Waals surface area contributed by atoms with Gasteiger partial charge in [0.2, 0.25) is 0 Å². The van der Waals surface area contributed by atoms with Gasteiger partial charge in [-0.25, -0.2) is 13.2 Å². The number of esters is 1. The van der Waals surface area contributed by atoms with Crippen LogP contribution in [-0.2, 0) is 19.4 Å². The van der Waals surface area contributed by atoms with E-state index in [-0.39, 0.29) is 29.9 Å². The number of nitrogens with one attached hydrogen (secondary N) is 1. The van der Waals surface area contributed by atoms with Gasteiger partial charge >= 0.3 is 5.97 Å². The molecule has 1 heterocycles. The molecule has 0 radical (unpaired) electrons. The Bertz CT molecular complexity index is 729. The minimum Gasteiger partial charge on any atom is -0.493 e. The predicted molar refractivity (Wildman–Crippen MR) is 85.0 cm³/mol. The summed E-state index contributed by atoms with van der Waals surface area (Å²) >= 11 is 0. The minimum absolute atomic E-state index is 0.0457. The van der Waals surface area contributed by atoms with Gasteiger partial charge in [0.15, 0.2) is 27.9 Å². The third-order valence-electron chi connectivity index (χ3n) is 3.54. The van der Waals surface area contributed by atoms with Crippen molar-refractivity contribution in [2.24, 2.45) is 0 Å². The summed E-state index contributed by atoms with van der Waals surface area (Å²) in [5.41, 5.74) is 0.294. The second-order valence-corrected chi connectivity index (χ2v) is 7.54. The molecule has 1 N–H and O–H groups in total. The molecule has 1 aliphatic rings. The molecule has 9 heteroatoms. The number of sulfone groups is 1. The summed E-state index contributed by atoms with van der Waals surface area (Å²) in [4.78, 5) is 23.3. The lowest BCUT2D eigenvalue weighted by molar-refractivity contribution is -0.123. The van der Waals surface area contributed by atoms with Crippen molar-refractivity contribution in [2.45, 2.75) is 12.5 Å².